The van der Waals surface area contributed by atoms with Crippen LogP contribution < -0.4 is 10.6 Å². The van der Waals surface area contributed by atoms with Crippen LogP contribution >= 0.6 is 8.20 Å². The van der Waals surface area contributed by atoms with Gasteiger partial charge in [0, 0.05) is 16.7 Å². The Bertz CT molecular complexity index is 460. The number of benzene rings is 2. The van der Waals surface area contributed by atoms with Crippen molar-refractivity contribution in [1.82, 2.24) is 0 Å². The van der Waals surface area contributed by atoms with Crippen LogP contribution in [0.5, 0.6) is 0 Å². The Morgan fingerprint density at radius 3 is 2.12 bits per heavy atom. The predicted molar refractivity (Wildman–Crippen MR) is 74.5 cm³/mol. The Kier molecular flexibility index (Phi) is 3.74. The summed E-state index contributed by atoms with van der Waals surface area (Å²) in [6, 6.07) is 18.7. The molecule has 2 heteroatoms. The molecule has 0 amide bonds. The zero-order valence-corrected chi connectivity index (χ0v) is 10.1. The number of hydrogen-bond acceptors (Lipinski definition) is 1. The summed E-state index contributed by atoms with van der Waals surface area (Å²) >= 11 is 0. The van der Waals surface area contributed by atoms with E-state index in [0.29, 0.717) is 0 Å². The van der Waals surface area contributed by atoms with Gasteiger partial charge in [0.25, 0.3) is 0 Å². The third-order valence-corrected chi connectivity index (χ3v) is 3.06. The minimum absolute atomic E-state index is 1.12. The maximum atomic E-state index is 3.36. The van der Waals surface area contributed by atoms with Gasteiger partial charge in [0.1, 0.15) is 0 Å². The van der Waals surface area contributed by atoms with E-state index in [0.717, 1.165) is 11.4 Å². The van der Waals surface area contributed by atoms with Crippen molar-refractivity contribution in [2.24, 2.45) is 0 Å². The first kappa shape index (κ1) is 10.9. The maximum absolute atomic E-state index is 3.36. The highest BCUT2D eigenvalue weighted by Gasteiger charge is 1.93. The zero-order chi connectivity index (χ0) is 11.2. The molecule has 1 N–H and O–H groups in total. The average Bonchev–Trinajstić information content (AvgIpc) is 2.33. The lowest BCUT2D eigenvalue weighted by Crippen LogP contribution is -1.94. The van der Waals surface area contributed by atoms with Crippen molar-refractivity contribution in [2.75, 3.05) is 5.32 Å². The predicted octanol–water partition coefficient (Wildman–Crippen LogP) is 3.82. The molecule has 0 saturated carbocycles. The molecule has 0 spiro atoms. The lowest BCUT2D eigenvalue weighted by molar-refractivity contribution is 1.56. The van der Waals surface area contributed by atoms with Gasteiger partial charge in [-0.1, -0.05) is 32.2 Å². The van der Waals surface area contributed by atoms with Gasteiger partial charge >= 0.3 is 0 Å². The summed E-state index contributed by atoms with van der Waals surface area (Å²) in [5, 5.41) is 4.68. The molecule has 2 aromatic rings. The molecule has 0 aromatic heterocycles. The van der Waals surface area contributed by atoms with Gasteiger partial charge in [-0.05, 0) is 43.3 Å². The molecule has 0 bridgehead atoms. The van der Waals surface area contributed by atoms with Gasteiger partial charge in [0.05, 0.1) is 0 Å². The Morgan fingerprint density at radius 1 is 0.875 bits per heavy atom. The number of rotatable bonds is 3. The summed E-state index contributed by atoms with van der Waals surface area (Å²) in [6.45, 7) is 2.07. The SMILES string of the molecule is C/C=P\c1ccc(Nc2ccccc2)cc1. The zero-order valence-electron chi connectivity index (χ0n) is 9.22. The van der Waals surface area contributed by atoms with Crippen LogP contribution in [-0.4, -0.2) is 5.80 Å². The summed E-state index contributed by atoms with van der Waals surface area (Å²) < 4.78 is 0. The van der Waals surface area contributed by atoms with E-state index in [-0.39, 0.29) is 0 Å². The van der Waals surface area contributed by atoms with Crippen LogP contribution in [0, 0.1) is 0 Å². The van der Waals surface area contributed by atoms with Gasteiger partial charge in [-0.15, -0.1) is 0 Å². The van der Waals surface area contributed by atoms with Gasteiger partial charge in [-0.25, -0.2) is 0 Å². The van der Waals surface area contributed by atoms with Crippen molar-refractivity contribution in [3.05, 3.63) is 54.6 Å². The van der Waals surface area contributed by atoms with Crippen LogP contribution in [0.2, 0.25) is 0 Å². The highest BCUT2D eigenvalue weighted by atomic mass is 31.1. The Balaban J connectivity index is 2.11. The molecule has 0 fully saturated rings. The van der Waals surface area contributed by atoms with Crippen LogP contribution in [0.4, 0.5) is 11.4 Å². The molecule has 16 heavy (non-hydrogen) atoms. The molecule has 80 valence electrons. The number of anilines is 2. The first-order valence-electron chi connectivity index (χ1n) is 5.29. The van der Waals surface area contributed by atoms with Crippen molar-refractivity contribution in [3.8, 4) is 0 Å². The second kappa shape index (κ2) is 5.48. The first-order valence-corrected chi connectivity index (χ1v) is 6.25. The largest absolute Gasteiger partial charge is 0.356 e. The van der Waals surface area contributed by atoms with Crippen molar-refractivity contribution in [3.63, 3.8) is 0 Å². The first-order chi connectivity index (χ1) is 7.88. The fourth-order valence-electron chi connectivity index (χ4n) is 1.47. The van der Waals surface area contributed by atoms with Gasteiger partial charge in [-0.2, -0.15) is 0 Å². The van der Waals surface area contributed by atoms with Crippen molar-refractivity contribution in [2.45, 2.75) is 6.92 Å². The molecule has 2 aromatic carbocycles. The topological polar surface area (TPSA) is 12.0 Å². The molecule has 2 rings (SSSR count). The molecule has 0 atom stereocenters. The van der Waals surface area contributed by atoms with Crippen LogP contribution in [0.25, 0.3) is 0 Å². The van der Waals surface area contributed by atoms with Crippen LogP contribution in [0.15, 0.2) is 54.6 Å². The Hall–Kier alpha value is -1.59. The molecule has 0 aliphatic carbocycles. The van der Waals surface area contributed by atoms with Gasteiger partial charge in [0.15, 0.2) is 0 Å². The number of hydrogen-bond donors (Lipinski definition) is 1. The fraction of sp³-hybridized carbons (Fsp3) is 0.0714. The third-order valence-electron chi connectivity index (χ3n) is 2.21. The minimum atomic E-state index is 1.12. The van der Waals surface area contributed by atoms with E-state index in [1.165, 1.54) is 13.5 Å². The molecular weight excluding hydrogens is 213 g/mol. The van der Waals surface area contributed by atoms with Crippen molar-refractivity contribution >= 4 is 30.7 Å². The highest BCUT2D eigenvalue weighted by Crippen LogP contribution is 2.15. The Labute approximate surface area is 97.9 Å². The van der Waals surface area contributed by atoms with Crippen molar-refractivity contribution < 1.29 is 0 Å². The molecule has 0 unspecified atom stereocenters. The molecular formula is C14H14NP. The molecule has 0 aliphatic rings. The third kappa shape index (κ3) is 2.95. The standard InChI is InChI=1S/C14H14NP/c1-2-16-14-10-8-13(9-11-14)15-12-6-4-3-5-7-12/h2-11,15H,1H3. The fourth-order valence-corrected chi connectivity index (χ4v) is 2.09. The smallest absolute Gasteiger partial charge is 0.0384 e. The summed E-state index contributed by atoms with van der Waals surface area (Å²) in [6.07, 6.45) is 0. The summed E-state index contributed by atoms with van der Waals surface area (Å²) in [7, 11) is 1.27. The Morgan fingerprint density at radius 2 is 1.50 bits per heavy atom. The lowest BCUT2D eigenvalue weighted by Gasteiger charge is -2.05. The quantitative estimate of drug-likeness (QED) is 0.786. The lowest BCUT2D eigenvalue weighted by atomic mass is 10.3. The molecule has 0 saturated heterocycles. The van der Waals surface area contributed by atoms with Gasteiger partial charge in [-0.3, -0.25) is 0 Å². The van der Waals surface area contributed by atoms with E-state index in [2.05, 4.69) is 54.4 Å². The van der Waals surface area contributed by atoms with Crippen molar-refractivity contribution in [1.29, 1.82) is 0 Å². The van der Waals surface area contributed by atoms with E-state index in [9.17, 15) is 0 Å². The monoisotopic (exact) mass is 227 g/mol. The second-order valence-corrected chi connectivity index (χ2v) is 4.72. The summed E-state index contributed by atoms with van der Waals surface area (Å²) in [5.41, 5.74) is 2.25. The molecule has 0 heterocycles. The molecule has 1 nitrogen and oxygen atoms in total. The van der Waals surface area contributed by atoms with Crippen LogP contribution in [-0.2, 0) is 0 Å². The van der Waals surface area contributed by atoms with Gasteiger partial charge in [0.2, 0.25) is 0 Å². The van der Waals surface area contributed by atoms with E-state index in [1.807, 2.05) is 18.2 Å². The number of para-hydroxylation sites is 1. The highest BCUT2D eigenvalue weighted by molar-refractivity contribution is 7.47. The maximum Gasteiger partial charge on any atom is 0.0384 e. The minimum Gasteiger partial charge on any atom is -0.356 e. The summed E-state index contributed by atoms with van der Waals surface area (Å²) in [4.78, 5) is 0. The van der Waals surface area contributed by atoms with Crippen LogP contribution in [0.3, 0.4) is 0 Å². The second-order valence-electron chi connectivity index (χ2n) is 3.43. The summed E-state index contributed by atoms with van der Waals surface area (Å²) in [5.74, 6) is 2.14. The molecule has 0 aliphatic heterocycles. The van der Waals surface area contributed by atoms with Gasteiger partial charge < -0.3 is 5.32 Å². The normalized spacial score (nSPS) is 10.6. The van der Waals surface area contributed by atoms with E-state index >= 15 is 0 Å². The van der Waals surface area contributed by atoms with E-state index in [1.54, 1.807) is 0 Å². The number of nitrogens with one attached hydrogen (secondary N) is 1. The van der Waals surface area contributed by atoms with E-state index in [4.69, 9.17) is 0 Å². The average molecular weight is 227 g/mol. The molecule has 0 radical (unpaired) electrons. The van der Waals surface area contributed by atoms with Crippen LogP contribution in [0.1, 0.15) is 6.92 Å². The van der Waals surface area contributed by atoms with E-state index < -0.39 is 0 Å².